The molecule has 0 bridgehead atoms. The number of nitrogens with zero attached hydrogens (tertiary/aromatic N) is 2. The average Bonchev–Trinajstić information content (AvgIpc) is 2.64. The molecule has 1 atom stereocenters. The number of carbonyl (C=O) groups excluding carboxylic acids is 2. The summed E-state index contributed by atoms with van der Waals surface area (Å²) >= 11 is 0. The highest BCUT2D eigenvalue weighted by Crippen LogP contribution is 2.31. The van der Waals surface area contributed by atoms with Crippen molar-refractivity contribution in [2.45, 2.75) is 50.6 Å². The molecule has 0 aromatic carbocycles. The minimum absolute atomic E-state index is 0.0743. The van der Waals surface area contributed by atoms with Crippen LogP contribution in [0.25, 0.3) is 0 Å². The molecule has 3 fully saturated rings. The Hall–Kier alpha value is -1.43. The van der Waals surface area contributed by atoms with Crippen LogP contribution in [0.15, 0.2) is 0 Å². The first-order chi connectivity index (χ1) is 9.58. The third-order valence-electron chi connectivity index (χ3n) is 4.80. The molecule has 1 unspecified atom stereocenters. The number of carbonyl (C=O) groups is 3. The third kappa shape index (κ3) is 2.22. The van der Waals surface area contributed by atoms with Gasteiger partial charge in [-0.25, -0.2) is 0 Å². The van der Waals surface area contributed by atoms with Crippen molar-refractivity contribution in [2.75, 3.05) is 13.1 Å². The number of hydrogen-bond donors (Lipinski definition) is 1. The van der Waals surface area contributed by atoms with Crippen LogP contribution in [0, 0.1) is 5.92 Å². The lowest BCUT2D eigenvalue weighted by atomic mass is 9.94. The second-order valence-electron chi connectivity index (χ2n) is 6.10. The van der Waals surface area contributed by atoms with Gasteiger partial charge in [0.05, 0.1) is 18.4 Å². The van der Waals surface area contributed by atoms with Crippen LogP contribution in [0.2, 0.25) is 0 Å². The summed E-state index contributed by atoms with van der Waals surface area (Å²) in [6.07, 6.45) is 5.41. The summed E-state index contributed by atoms with van der Waals surface area (Å²) in [4.78, 5) is 38.7. The zero-order valence-corrected chi connectivity index (χ0v) is 11.5. The van der Waals surface area contributed by atoms with Crippen molar-refractivity contribution >= 4 is 17.8 Å². The van der Waals surface area contributed by atoms with E-state index in [1.807, 2.05) is 4.90 Å². The standard InChI is InChI=1S/C14H20N2O4/c17-12-6-11(15-7-9(8-15)14(19)20)13(18)16(12)10-4-2-1-3-5-10/h9-11H,1-8H2,(H,19,20). The zero-order chi connectivity index (χ0) is 14.3. The van der Waals surface area contributed by atoms with Crippen molar-refractivity contribution in [3.8, 4) is 0 Å². The van der Waals surface area contributed by atoms with Crippen molar-refractivity contribution < 1.29 is 19.5 Å². The van der Waals surface area contributed by atoms with E-state index in [1.165, 1.54) is 11.3 Å². The fourth-order valence-electron chi connectivity index (χ4n) is 3.57. The Balaban J connectivity index is 1.63. The SMILES string of the molecule is O=C(O)C1CN(C2CC(=O)N(C3CCCCC3)C2=O)C1. The van der Waals surface area contributed by atoms with Crippen LogP contribution in [0.5, 0.6) is 0 Å². The molecular formula is C14H20N2O4. The lowest BCUT2D eigenvalue weighted by molar-refractivity contribution is -0.152. The van der Waals surface area contributed by atoms with Crippen molar-refractivity contribution in [3.05, 3.63) is 0 Å². The molecule has 0 spiro atoms. The lowest BCUT2D eigenvalue weighted by Gasteiger charge is -2.40. The quantitative estimate of drug-likeness (QED) is 0.760. The molecule has 1 saturated carbocycles. The first-order valence-electron chi connectivity index (χ1n) is 7.40. The minimum Gasteiger partial charge on any atom is -0.481 e. The van der Waals surface area contributed by atoms with Crippen LogP contribution < -0.4 is 0 Å². The van der Waals surface area contributed by atoms with E-state index in [0.717, 1.165) is 25.7 Å². The van der Waals surface area contributed by atoms with Gasteiger partial charge in [0.1, 0.15) is 0 Å². The molecule has 1 aliphatic carbocycles. The molecule has 20 heavy (non-hydrogen) atoms. The predicted molar refractivity (Wildman–Crippen MR) is 69.8 cm³/mol. The maximum atomic E-state index is 12.4. The summed E-state index contributed by atoms with van der Waals surface area (Å²) in [6, 6.07) is -0.342. The van der Waals surface area contributed by atoms with E-state index in [4.69, 9.17) is 5.11 Å². The number of aliphatic carboxylic acids is 1. The smallest absolute Gasteiger partial charge is 0.309 e. The molecule has 3 rings (SSSR count). The Morgan fingerprint density at radius 2 is 1.75 bits per heavy atom. The number of hydrogen-bond acceptors (Lipinski definition) is 4. The molecular weight excluding hydrogens is 260 g/mol. The molecule has 1 N–H and O–H groups in total. The van der Waals surface area contributed by atoms with E-state index < -0.39 is 12.0 Å². The molecule has 110 valence electrons. The first kappa shape index (κ1) is 13.5. The summed E-state index contributed by atoms with van der Waals surface area (Å²) in [5, 5.41) is 8.88. The second-order valence-corrected chi connectivity index (χ2v) is 6.10. The fourth-order valence-corrected chi connectivity index (χ4v) is 3.57. The molecule has 2 aliphatic heterocycles. The van der Waals surface area contributed by atoms with E-state index in [-0.39, 0.29) is 30.2 Å². The van der Waals surface area contributed by atoms with Gasteiger partial charge in [0.25, 0.3) is 0 Å². The van der Waals surface area contributed by atoms with Gasteiger partial charge in [-0.2, -0.15) is 0 Å². The van der Waals surface area contributed by atoms with Gasteiger partial charge in [-0.1, -0.05) is 19.3 Å². The molecule has 6 heteroatoms. The van der Waals surface area contributed by atoms with Gasteiger partial charge < -0.3 is 5.11 Å². The molecule has 6 nitrogen and oxygen atoms in total. The normalized spacial score (nSPS) is 29.8. The number of carboxylic acids is 1. The molecule has 0 aromatic heterocycles. The third-order valence-corrected chi connectivity index (χ3v) is 4.80. The summed E-state index contributed by atoms with van der Waals surface area (Å²) in [7, 11) is 0. The largest absolute Gasteiger partial charge is 0.481 e. The van der Waals surface area contributed by atoms with E-state index in [1.54, 1.807) is 0 Å². The summed E-state index contributed by atoms with van der Waals surface area (Å²) < 4.78 is 0. The summed E-state index contributed by atoms with van der Waals surface area (Å²) in [5.74, 6) is -1.39. The number of amides is 2. The van der Waals surface area contributed by atoms with E-state index in [9.17, 15) is 14.4 Å². The van der Waals surface area contributed by atoms with Gasteiger partial charge in [-0.05, 0) is 12.8 Å². The topological polar surface area (TPSA) is 77.9 Å². The van der Waals surface area contributed by atoms with Crippen molar-refractivity contribution in [1.82, 2.24) is 9.80 Å². The first-order valence-corrected chi connectivity index (χ1v) is 7.40. The number of carboxylic acid groups (broad SMARTS) is 1. The summed E-state index contributed by atoms with van der Waals surface area (Å²) in [6.45, 7) is 0.773. The number of imide groups is 1. The van der Waals surface area contributed by atoms with Gasteiger partial charge in [-0.3, -0.25) is 24.2 Å². The van der Waals surface area contributed by atoms with Crippen molar-refractivity contribution in [3.63, 3.8) is 0 Å². The van der Waals surface area contributed by atoms with Gasteiger partial charge in [0.2, 0.25) is 11.8 Å². The molecule has 2 heterocycles. The number of likely N-dealkylation sites (tertiary alicyclic amines) is 2. The predicted octanol–water partition coefficient (Wildman–Crippen LogP) is 0.463. The second kappa shape index (κ2) is 5.16. The zero-order valence-electron chi connectivity index (χ0n) is 11.5. The minimum atomic E-state index is -0.817. The van der Waals surface area contributed by atoms with Crippen LogP contribution in [0.3, 0.4) is 0 Å². The highest BCUT2D eigenvalue weighted by molar-refractivity contribution is 6.06. The maximum absolute atomic E-state index is 12.4. The highest BCUT2D eigenvalue weighted by atomic mass is 16.4. The lowest BCUT2D eigenvalue weighted by Crippen LogP contribution is -2.57. The van der Waals surface area contributed by atoms with Crippen molar-refractivity contribution in [2.24, 2.45) is 5.92 Å². The van der Waals surface area contributed by atoms with E-state index in [0.29, 0.717) is 13.1 Å². The monoisotopic (exact) mass is 280 g/mol. The van der Waals surface area contributed by atoms with Gasteiger partial charge in [0, 0.05) is 19.1 Å². The molecule has 3 aliphatic rings. The van der Waals surface area contributed by atoms with Gasteiger partial charge >= 0.3 is 5.97 Å². The molecule has 2 saturated heterocycles. The Kier molecular flexibility index (Phi) is 3.50. The Morgan fingerprint density at radius 3 is 2.35 bits per heavy atom. The molecule has 2 amide bonds. The van der Waals surface area contributed by atoms with Gasteiger partial charge in [0.15, 0.2) is 0 Å². The van der Waals surface area contributed by atoms with Crippen LogP contribution in [-0.2, 0) is 14.4 Å². The highest BCUT2D eigenvalue weighted by Gasteiger charge is 2.49. The van der Waals surface area contributed by atoms with Crippen LogP contribution >= 0.6 is 0 Å². The fraction of sp³-hybridized carbons (Fsp3) is 0.786. The number of rotatable bonds is 3. The van der Waals surface area contributed by atoms with Gasteiger partial charge in [-0.15, -0.1) is 0 Å². The Bertz CT molecular complexity index is 438. The molecule has 0 aromatic rings. The van der Waals surface area contributed by atoms with Crippen molar-refractivity contribution in [1.29, 1.82) is 0 Å². The van der Waals surface area contributed by atoms with Crippen LogP contribution in [0.4, 0.5) is 0 Å². The maximum Gasteiger partial charge on any atom is 0.309 e. The van der Waals surface area contributed by atoms with E-state index >= 15 is 0 Å². The Labute approximate surface area is 117 Å². The van der Waals surface area contributed by atoms with Crippen LogP contribution in [-0.4, -0.2) is 57.9 Å². The average molecular weight is 280 g/mol. The van der Waals surface area contributed by atoms with E-state index in [2.05, 4.69) is 0 Å². The van der Waals surface area contributed by atoms with Crippen LogP contribution in [0.1, 0.15) is 38.5 Å². The summed E-state index contributed by atoms with van der Waals surface area (Å²) in [5.41, 5.74) is 0. The molecule has 0 radical (unpaired) electrons. The Morgan fingerprint density at radius 1 is 1.10 bits per heavy atom.